The molecule has 1 saturated carbocycles. The molecule has 9 heteroatoms. The number of anilines is 1. The van der Waals surface area contributed by atoms with Gasteiger partial charge in [-0.05, 0) is 32.8 Å². The predicted octanol–water partition coefficient (Wildman–Crippen LogP) is 1.39. The number of hydrogen-bond donors (Lipinski definition) is 0. The van der Waals surface area contributed by atoms with E-state index in [1.54, 1.807) is 6.20 Å². The SMILES string of the molecule is CN(C)S(=O)(=O)n1cnc(-c2cc3c(cn2)C(C)(C)C(=O)N3C2CC2)c1. The van der Waals surface area contributed by atoms with Gasteiger partial charge in [0.1, 0.15) is 12.0 Å². The van der Waals surface area contributed by atoms with E-state index in [-0.39, 0.29) is 11.9 Å². The molecule has 3 heterocycles. The van der Waals surface area contributed by atoms with E-state index in [2.05, 4.69) is 9.97 Å². The monoisotopic (exact) mass is 375 g/mol. The lowest BCUT2D eigenvalue weighted by molar-refractivity contribution is -0.122. The van der Waals surface area contributed by atoms with Crippen LogP contribution in [0.15, 0.2) is 24.8 Å². The van der Waals surface area contributed by atoms with Crippen molar-refractivity contribution >= 4 is 21.8 Å². The number of hydrogen-bond acceptors (Lipinski definition) is 5. The molecular formula is C17H21N5O3S. The highest BCUT2D eigenvalue weighted by molar-refractivity contribution is 7.87. The van der Waals surface area contributed by atoms with E-state index < -0.39 is 15.6 Å². The summed E-state index contributed by atoms with van der Waals surface area (Å²) in [5.41, 5.74) is 2.16. The van der Waals surface area contributed by atoms with Crippen LogP contribution in [0.4, 0.5) is 5.69 Å². The lowest BCUT2D eigenvalue weighted by Gasteiger charge is -2.19. The Bertz CT molecular complexity index is 1010. The summed E-state index contributed by atoms with van der Waals surface area (Å²) in [4.78, 5) is 23.3. The molecule has 138 valence electrons. The van der Waals surface area contributed by atoms with E-state index in [1.807, 2.05) is 24.8 Å². The van der Waals surface area contributed by atoms with Crippen LogP contribution in [0.3, 0.4) is 0 Å². The van der Waals surface area contributed by atoms with Gasteiger partial charge >= 0.3 is 10.2 Å². The first-order chi connectivity index (χ1) is 12.1. The topological polar surface area (TPSA) is 88.4 Å². The molecule has 0 spiro atoms. The standard InChI is InChI=1S/C17H21N5O3S/c1-17(2)12-8-18-13(7-15(12)22(16(17)23)11-5-6-11)14-9-21(10-19-14)26(24,25)20(3)4/h7-11H,5-6H2,1-4H3. The summed E-state index contributed by atoms with van der Waals surface area (Å²) < 4.78 is 26.6. The summed E-state index contributed by atoms with van der Waals surface area (Å²) in [6.45, 7) is 3.83. The van der Waals surface area contributed by atoms with Crippen LogP contribution in [0.1, 0.15) is 32.3 Å². The largest absolute Gasteiger partial charge is 0.308 e. The van der Waals surface area contributed by atoms with Gasteiger partial charge < -0.3 is 4.90 Å². The van der Waals surface area contributed by atoms with E-state index >= 15 is 0 Å². The van der Waals surface area contributed by atoms with Gasteiger partial charge in [0.2, 0.25) is 5.91 Å². The van der Waals surface area contributed by atoms with E-state index in [1.165, 1.54) is 26.6 Å². The number of carbonyl (C=O) groups is 1. The van der Waals surface area contributed by atoms with Gasteiger partial charge in [0, 0.05) is 31.9 Å². The molecular weight excluding hydrogens is 354 g/mol. The minimum absolute atomic E-state index is 0.0923. The third-order valence-electron chi connectivity index (χ3n) is 5.03. The molecule has 1 aliphatic carbocycles. The number of imidazole rings is 1. The fourth-order valence-corrected chi connectivity index (χ4v) is 4.02. The van der Waals surface area contributed by atoms with E-state index in [9.17, 15) is 13.2 Å². The maximum Gasteiger partial charge on any atom is 0.308 e. The Morgan fingerprint density at radius 2 is 1.88 bits per heavy atom. The maximum absolute atomic E-state index is 12.8. The Labute approximate surface area is 152 Å². The smallest absolute Gasteiger partial charge is 0.308 e. The molecule has 2 aromatic rings. The Morgan fingerprint density at radius 3 is 2.50 bits per heavy atom. The van der Waals surface area contributed by atoms with Crippen LogP contribution in [0, 0.1) is 0 Å². The van der Waals surface area contributed by atoms with Crippen LogP contribution in [0.5, 0.6) is 0 Å². The molecule has 2 aliphatic rings. The van der Waals surface area contributed by atoms with E-state index in [0.717, 1.165) is 32.4 Å². The summed E-state index contributed by atoms with van der Waals surface area (Å²) >= 11 is 0. The van der Waals surface area contributed by atoms with Crippen molar-refractivity contribution in [3.8, 4) is 11.4 Å². The molecule has 0 aromatic carbocycles. The van der Waals surface area contributed by atoms with Gasteiger partial charge in [0.15, 0.2) is 0 Å². The lowest BCUT2D eigenvalue weighted by Crippen LogP contribution is -2.37. The molecule has 0 unspecified atom stereocenters. The van der Waals surface area contributed by atoms with Crippen molar-refractivity contribution in [2.45, 2.75) is 38.1 Å². The molecule has 0 saturated heterocycles. The average Bonchev–Trinajstić information content (AvgIpc) is 3.23. The molecule has 1 aliphatic heterocycles. The number of carbonyl (C=O) groups excluding carboxylic acids is 1. The zero-order chi connectivity index (χ0) is 18.9. The highest BCUT2D eigenvalue weighted by atomic mass is 32.2. The number of fused-ring (bicyclic) bond motifs is 1. The first-order valence-corrected chi connectivity index (χ1v) is 9.85. The van der Waals surface area contributed by atoms with Gasteiger partial charge in [-0.1, -0.05) is 0 Å². The maximum atomic E-state index is 12.8. The summed E-state index contributed by atoms with van der Waals surface area (Å²) in [5.74, 6) is 0.0923. The van der Waals surface area contributed by atoms with Crippen LogP contribution >= 0.6 is 0 Å². The van der Waals surface area contributed by atoms with Crippen molar-refractivity contribution in [1.29, 1.82) is 0 Å². The summed E-state index contributed by atoms with van der Waals surface area (Å²) in [5, 5.41) is 0. The summed E-state index contributed by atoms with van der Waals surface area (Å²) in [6, 6.07) is 2.10. The van der Waals surface area contributed by atoms with Gasteiger partial charge in [-0.25, -0.2) is 8.96 Å². The highest BCUT2D eigenvalue weighted by Gasteiger charge is 2.49. The van der Waals surface area contributed by atoms with Crippen molar-refractivity contribution in [2.75, 3.05) is 19.0 Å². The van der Waals surface area contributed by atoms with Crippen LogP contribution in [0.25, 0.3) is 11.4 Å². The lowest BCUT2D eigenvalue weighted by atomic mass is 9.87. The molecule has 0 radical (unpaired) electrons. The second-order valence-corrected chi connectivity index (χ2v) is 9.54. The Balaban J connectivity index is 1.78. The van der Waals surface area contributed by atoms with Crippen LogP contribution in [-0.4, -0.2) is 52.7 Å². The van der Waals surface area contributed by atoms with Crippen LogP contribution in [-0.2, 0) is 20.4 Å². The van der Waals surface area contributed by atoms with Gasteiger partial charge in [-0.15, -0.1) is 0 Å². The molecule has 1 amide bonds. The van der Waals surface area contributed by atoms with Gasteiger partial charge in [-0.3, -0.25) is 9.78 Å². The number of rotatable bonds is 4. The third-order valence-corrected chi connectivity index (χ3v) is 6.69. The van der Waals surface area contributed by atoms with Crippen molar-refractivity contribution in [1.82, 2.24) is 18.2 Å². The Morgan fingerprint density at radius 1 is 1.19 bits per heavy atom. The number of nitrogens with zero attached hydrogens (tertiary/aromatic N) is 5. The van der Waals surface area contributed by atoms with Crippen molar-refractivity contribution in [3.63, 3.8) is 0 Å². The van der Waals surface area contributed by atoms with Crippen molar-refractivity contribution in [2.24, 2.45) is 0 Å². The average molecular weight is 375 g/mol. The fourth-order valence-electron chi connectivity index (χ4n) is 3.24. The zero-order valence-electron chi connectivity index (χ0n) is 15.2. The first-order valence-electron chi connectivity index (χ1n) is 8.45. The molecule has 0 N–H and O–H groups in total. The number of aromatic nitrogens is 3. The zero-order valence-corrected chi connectivity index (χ0v) is 16.0. The van der Waals surface area contributed by atoms with Crippen molar-refractivity contribution in [3.05, 3.63) is 30.4 Å². The molecule has 0 atom stereocenters. The van der Waals surface area contributed by atoms with Crippen LogP contribution in [0.2, 0.25) is 0 Å². The molecule has 2 aromatic heterocycles. The second kappa shape index (κ2) is 5.37. The summed E-state index contributed by atoms with van der Waals surface area (Å²) in [6.07, 6.45) is 6.43. The van der Waals surface area contributed by atoms with Gasteiger partial charge in [-0.2, -0.15) is 12.7 Å². The first kappa shape index (κ1) is 17.2. The van der Waals surface area contributed by atoms with E-state index in [4.69, 9.17) is 0 Å². The molecule has 1 fully saturated rings. The highest BCUT2D eigenvalue weighted by Crippen LogP contribution is 2.47. The van der Waals surface area contributed by atoms with Crippen molar-refractivity contribution < 1.29 is 13.2 Å². The predicted molar refractivity (Wildman–Crippen MR) is 97.0 cm³/mol. The van der Waals surface area contributed by atoms with Gasteiger partial charge in [0.25, 0.3) is 0 Å². The normalized spacial score (nSPS) is 19.3. The Kier molecular flexibility index (Phi) is 3.55. The minimum Gasteiger partial charge on any atom is -0.308 e. The number of pyridine rings is 1. The quantitative estimate of drug-likeness (QED) is 0.806. The molecule has 4 rings (SSSR count). The molecule has 8 nitrogen and oxygen atoms in total. The van der Waals surface area contributed by atoms with Crippen LogP contribution < -0.4 is 4.90 Å². The minimum atomic E-state index is -3.62. The fraction of sp³-hybridized carbons (Fsp3) is 0.471. The Hall–Kier alpha value is -2.26. The molecule has 0 bridgehead atoms. The number of amides is 1. The third kappa shape index (κ3) is 2.38. The van der Waals surface area contributed by atoms with Gasteiger partial charge in [0.05, 0.1) is 23.0 Å². The summed E-state index contributed by atoms with van der Waals surface area (Å²) in [7, 11) is -0.698. The molecule has 26 heavy (non-hydrogen) atoms. The second-order valence-electron chi connectivity index (χ2n) is 7.50. The van der Waals surface area contributed by atoms with E-state index in [0.29, 0.717) is 11.4 Å².